The predicted molar refractivity (Wildman–Crippen MR) is 178 cm³/mol. The lowest BCUT2D eigenvalue weighted by Crippen LogP contribution is -2.31. The summed E-state index contributed by atoms with van der Waals surface area (Å²) in [5.41, 5.74) is 7.40. The zero-order valence-corrected chi connectivity index (χ0v) is 26.5. The van der Waals surface area contributed by atoms with Gasteiger partial charge in [-0.15, -0.1) is 0 Å². The third-order valence-electron chi connectivity index (χ3n) is 7.18. The number of anilines is 1. The number of rotatable bonds is 11. The van der Waals surface area contributed by atoms with Crippen molar-refractivity contribution in [3.05, 3.63) is 82.2 Å². The summed E-state index contributed by atoms with van der Waals surface area (Å²) in [5.74, 6) is 0.880. The van der Waals surface area contributed by atoms with Crippen molar-refractivity contribution < 1.29 is 18.6 Å². The first kappa shape index (κ1) is 31.7. The lowest BCUT2D eigenvalue weighted by Gasteiger charge is -2.26. The highest BCUT2D eigenvalue weighted by atomic mass is 35.5. The van der Waals surface area contributed by atoms with E-state index in [1.807, 2.05) is 6.07 Å². The lowest BCUT2D eigenvalue weighted by atomic mass is 10.1. The van der Waals surface area contributed by atoms with E-state index >= 15 is 4.39 Å². The van der Waals surface area contributed by atoms with E-state index < -0.39 is 5.82 Å². The maximum atomic E-state index is 15.4. The van der Waals surface area contributed by atoms with E-state index in [0.29, 0.717) is 56.1 Å². The molecule has 0 aliphatic carbocycles. The van der Waals surface area contributed by atoms with Crippen molar-refractivity contribution in [2.45, 2.75) is 25.7 Å². The Morgan fingerprint density at radius 2 is 1.86 bits per heavy atom. The van der Waals surface area contributed by atoms with Crippen LogP contribution < -0.4 is 25.0 Å². The standard InChI is InChI=1S/C32H32Cl2FN5O3S/c1-41-30-18-24-27(19-31(30)42-15-5-14-39-12-3-2-4-13-39)37-11-10-28(24)43-29-9-8-23(17-26(29)35)40(32(36)44)38-20-21-6-7-22(33)16-25(21)34/h6-11,16-20H,2-5,12-15H2,1H3,(H2,36,44). The average molecular weight is 657 g/mol. The molecule has 0 radical (unpaired) electrons. The van der Waals surface area contributed by atoms with E-state index in [9.17, 15) is 0 Å². The van der Waals surface area contributed by atoms with Crippen LogP contribution in [-0.2, 0) is 0 Å². The zero-order valence-electron chi connectivity index (χ0n) is 24.1. The number of thiocarbonyl (C=S) groups is 1. The fourth-order valence-electron chi connectivity index (χ4n) is 4.94. The van der Waals surface area contributed by atoms with Gasteiger partial charge in [0.2, 0.25) is 0 Å². The van der Waals surface area contributed by atoms with Gasteiger partial charge in [-0.3, -0.25) is 4.98 Å². The lowest BCUT2D eigenvalue weighted by molar-refractivity contribution is 0.203. The van der Waals surface area contributed by atoms with Crippen LogP contribution in [0.3, 0.4) is 0 Å². The SMILES string of the molecule is COc1cc2c(Oc3ccc(N(N=Cc4ccc(Cl)cc4Cl)C(N)=S)cc3F)ccnc2cc1OCCCN1CCCCC1. The summed E-state index contributed by atoms with van der Waals surface area (Å²) < 4.78 is 33.1. The second-order valence-corrected chi connectivity index (χ2v) is 11.5. The molecule has 5 rings (SSSR count). The second kappa shape index (κ2) is 14.9. The van der Waals surface area contributed by atoms with Gasteiger partial charge in [0, 0.05) is 40.8 Å². The Kier molecular flexibility index (Phi) is 10.7. The summed E-state index contributed by atoms with van der Waals surface area (Å²) in [4.78, 5) is 6.95. The maximum absolute atomic E-state index is 15.4. The number of methoxy groups -OCH3 is 1. The summed E-state index contributed by atoms with van der Waals surface area (Å²) in [6, 6.07) is 14.5. The van der Waals surface area contributed by atoms with Gasteiger partial charge in [0.15, 0.2) is 28.2 Å². The molecule has 12 heteroatoms. The van der Waals surface area contributed by atoms with Crippen LogP contribution in [0.2, 0.25) is 10.0 Å². The normalized spacial score (nSPS) is 13.7. The molecule has 1 saturated heterocycles. The smallest absolute Gasteiger partial charge is 0.191 e. The molecule has 1 aliphatic rings. The first-order valence-corrected chi connectivity index (χ1v) is 15.4. The quantitative estimate of drug-likeness (QED) is 0.0758. The Hall–Kier alpha value is -3.70. The second-order valence-electron chi connectivity index (χ2n) is 10.2. The number of hydrogen-bond donors (Lipinski definition) is 1. The van der Waals surface area contributed by atoms with Crippen molar-refractivity contribution in [2.24, 2.45) is 10.8 Å². The summed E-state index contributed by atoms with van der Waals surface area (Å²) in [7, 11) is 1.58. The van der Waals surface area contributed by atoms with Gasteiger partial charge in [-0.25, -0.2) is 9.40 Å². The summed E-state index contributed by atoms with van der Waals surface area (Å²) in [5, 5.41) is 6.95. The van der Waals surface area contributed by atoms with Crippen LogP contribution in [0, 0.1) is 5.82 Å². The molecule has 4 aromatic rings. The molecule has 0 saturated carbocycles. The molecule has 8 nitrogen and oxygen atoms in total. The van der Waals surface area contributed by atoms with Gasteiger partial charge in [0.25, 0.3) is 0 Å². The van der Waals surface area contributed by atoms with Crippen LogP contribution in [0.1, 0.15) is 31.2 Å². The van der Waals surface area contributed by atoms with Gasteiger partial charge in [-0.1, -0.05) is 35.7 Å². The Balaban J connectivity index is 1.31. The third-order valence-corrected chi connectivity index (χ3v) is 7.91. The first-order chi connectivity index (χ1) is 21.3. The monoisotopic (exact) mass is 655 g/mol. The molecule has 2 heterocycles. The highest BCUT2D eigenvalue weighted by molar-refractivity contribution is 7.80. The van der Waals surface area contributed by atoms with Crippen LogP contribution in [0.15, 0.2) is 65.9 Å². The van der Waals surface area contributed by atoms with Gasteiger partial charge in [-0.2, -0.15) is 5.10 Å². The van der Waals surface area contributed by atoms with Crippen molar-refractivity contribution in [3.63, 3.8) is 0 Å². The number of nitrogens with two attached hydrogens (primary N) is 1. The average Bonchev–Trinajstić information content (AvgIpc) is 3.01. The fourth-order valence-corrected chi connectivity index (χ4v) is 5.55. The highest BCUT2D eigenvalue weighted by Crippen LogP contribution is 2.38. The number of piperidine rings is 1. The van der Waals surface area contributed by atoms with Crippen LogP contribution in [0.4, 0.5) is 10.1 Å². The Morgan fingerprint density at radius 1 is 1.05 bits per heavy atom. The van der Waals surface area contributed by atoms with E-state index in [0.717, 1.165) is 26.1 Å². The molecule has 0 spiro atoms. The Morgan fingerprint density at radius 3 is 2.59 bits per heavy atom. The van der Waals surface area contributed by atoms with Crippen LogP contribution in [0.25, 0.3) is 10.9 Å². The van der Waals surface area contributed by atoms with Gasteiger partial charge in [0.05, 0.1) is 36.2 Å². The molecule has 0 bridgehead atoms. The van der Waals surface area contributed by atoms with E-state index in [1.54, 1.807) is 49.7 Å². The molecule has 1 aliphatic heterocycles. The number of aromatic nitrogens is 1. The molecule has 44 heavy (non-hydrogen) atoms. The van der Waals surface area contributed by atoms with E-state index in [2.05, 4.69) is 15.0 Å². The first-order valence-electron chi connectivity index (χ1n) is 14.2. The maximum Gasteiger partial charge on any atom is 0.191 e. The van der Waals surface area contributed by atoms with Crippen LogP contribution in [-0.4, -0.2) is 54.6 Å². The van der Waals surface area contributed by atoms with E-state index in [-0.39, 0.29) is 10.9 Å². The van der Waals surface area contributed by atoms with Crippen molar-refractivity contribution >= 4 is 63.3 Å². The summed E-state index contributed by atoms with van der Waals surface area (Å²) >= 11 is 17.3. The van der Waals surface area contributed by atoms with Crippen molar-refractivity contribution in [2.75, 3.05) is 38.4 Å². The molecule has 0 amide bonds. The van der Waals surface area contributed by atoms with Gasteiger partial charge < -0.3 is 24.8 Å². The number of fused-ring (bicyclic) bond motifs is 1. The number of pyridine rings is 1. The molecule has 3 aromatic carbocycles. The number of hydrazone groups is 1. The largest absolute Gasteiger partial charge is 0.493 e. The highest BCUT2D eigenvalue weighted by Gasteiger charge is 2.17. The third kappa shape index (κ3) is 7.87. The van der Waals surface area contributed by atoms with Crippen molar-refractivity contribution in [3.8, 4) is 23.0 Å². The summed E-state index contributed by atoms with van der Waals surface area (Å²) in [6.45, 7) is 3.88. The van der Waals surface area contributed by atoms with Crippen LogP contribution in [0.5, 0.6) is 23.0 Å². The predicted octanol–water partition coefficient (Wildman–Crippen LogP) is 7.82. The molecule has 1 fully saturated rings. The minimum absolute atomic E-state index is 0.00845. The number of halogens is 3. The number of ether oxygens (including phenoxy) is 3. The molecule has 1 aromatic heterocycles. The van der Waals surface area contributed by atoms with Crippen molar-refractivity contribution in [1.82, 2.24) is 9.88 Å². The zero-order chi connectivity index (χ0) is 31.1. The molecule has 2 N–H and O–H groups in total. The van der Waals surface area contributed by atoms with E-state index in [4.69, 9.17) is 55.4 Å². The Bertz CT molecular complexity index is 1670. The molecular formula is C32H32Cl2FN5O3S. The fraction of sp³-hybridized carbons (Fsp3) is 0.281. The van der Waals surface area contributed by atoms with E-state index in [1.165, 1.54) is 42.6 Å². The van der Waals surface area contributed by atoms with Gasteiger partial charge in [0.1, 0.15) is 5.75 Å². The topological polar surface area (TPSA) is 85.4 Å². The number of nitrogens with zero attached hydrogens (tertiary/aromatic N) is 4. The van der Waals surface area contributed by atoms with Crippen LogP contribution >= 0.6 is 35.4 Å². The minimum Gasteiger partial charge on any atom is -0.493 e. The molecule has 0 unspecified atom stereocenters. The van der Waals surface area contributed by atoms with Gasteiger partial charge >= 0.3 is 0 Å². The number of hydrogen-bond acceptors (Lipinski definition) is 7. The summed E-state index contributed by atoms with van der Waals surface area (Å²) in [6.07, 6.45) is 7.82. The molecule has 0 atom stereocenters. The molecule has 230 valence electrons. The van der Waals surface area contributed by atoms with Gasteiger partial charge in [-0.05, 0) is 81.0 Å². The van der Waals surface area contributed by atoms with Crippen molar-refractivity contribution in [1.29, 1.82) is 0 Å². The number of benzene rings is 3. The Labute approximate surface area is 271 Å². The number of likely N-dealkylation sites (tertiary alicyclic amines) is 1. The molecular weight excluding hydrogens is 624 g/mol. The minimum atomic E-state index is -0.644.